The summed E-state index contributed by atoms with van der Waals surface area (Å²) in [6, 6.07) is 0. The van der Waals surface area contributed by atoms with E-state index in [9.17, 15) is 0 Å². The van der Waals surface area contributed by atoms with Crippen molar-refractivity contribution in [1.29, 1.82) is 0 Å². The van der Waals surface area contributed by atoms with Crippen molar-refractivity contribution in [3.8, 4) is 0 Å². The minimum absolute atomic E-state index is 0.743. The zero-order valence-electron chi connectivity index (χ0n) is 4.02. The summed E-state index contributed by atoms with van der Waals surface area (Å²) in [7, 11) is 0. The van der Waals surface area contributed by atoms with E-state index in [0.717, 1.165) is 12.3 Å². The molecule has 1 N–H and O–H groups in total. The van der Waals surface area contributed by atoms with Gasteiger partial charge in [0.15, 0.2) is 6.20 Å². The second-order valence-corrected chi connectivity index (χ2v) is 1.29. The molecule has 1 heterocycles. The van der Waals surface area contributed by atoms with E-state index >= 15 is 0 Å². The van der Waals surface area contributed by atoms with Gasteiger partial charge in [0.05, 0.1) is 6.42 Å². The predicted molar refractivity (Wildman–Crippen MR) is 29.4 cm³/mol. The van der Waals surface area contributed by atoms with Gasteiger partial charge < -0.3 is 0 Å². The third kappa shape index (κ3) is 0.796. The maximum Gasteiger partial charge on any atom is 0.296 e. The van der Waals surface area contributed by atoms with Gasteiger partial charge in [-0.15, -0.1) is 0 Å². The summed E-state index contributed by atoms with van der Waals surface area (Å²) in [5, 5.41) is 2.91. The van der Waals surface area contributed by atoms with E-state index in [-0.39, 0.29) is 0 Å². The summed E-state index contributed by atoms with van der Waals surface area (Å²) in [6.45, 7) is 3.63. The van der Waals surface area contributed by atoms with Crippen LogP contribution in [-0.2, 0) is 0 Å². The Kier molecular flexibility index (Phi) is 1.11. The topological polar surface area (TPSA) is 26.1 Å². The average Bonchev–Trinajstić information content (AvgIpc) is 2.14. The first-order chi connectivity index (χ1) is 3.43. The van der Waals surface area contributed by atoms with Gasteiger partial charge in [-0.2, -0.15) is 0 Å². The molecule has 0 spiro atoms. The molecule has 0 unspecified atom stereocenters. The lowest BCUT2D eigenvalue weighted by Gasteiger charge is -1.78. The van der Waals surface area contributed by atoms with Gasteiger partial charge in [0.25, 0.3) is 5.84 Å². The van der Waals surface area contributed by atoms with Crippen LogP contribution in [0.1, 0.15) is 6.42 Å². The standard InChI is InChI=1S/C5H7N2/c1-2-5-6-3-4-7-5/h3-4,6H,1-2H2/q+1. The van der Waals surface area contributed by atoms with Gasteiger partial charge in [-0.3, -0.25) is 0 Å². The fourth-order valence-corrected chi connectivity index (χ4v) is 0.435. The van der Waals surface area contributed by atoms with Crippen LogP contribution < -0.4 is 10.3 Å². The zero-order chi connectivity index (χ0) is 5.11. The van der Waals surface area contributed by atoms with Crippen molar-refractivity contribution in [1.82, 2.24) is 10.3 Å². The Hall–Kier alpha value is -0.790. The molecule has 1 aliphatic heterocycles. The first-order valence-electron chi connectivity index (χ1n) is 2.21. The summed E-state index contributed by atoms with van der Waals surface area (Å²) in [6.07, 6.45) is 4.26. The number of rotatable bonds is 1. The molecule has 2 nitrogen and oxygen atoms in total. The van der Waals surface area contributed by atoms with Gasteiger partial charge in [-0.25, -0.2) is 5.32 Å². The lowest BCUT2D eigenvalue weighted by Crippen LogP contribution is -2.14. The molecule has 0 saturated heterocycles. The van der Waals surface area contributed by atoms with Crippen molar-refractivity contribution in [2.45, 2.75) is 6.42 Å². The maximum absolute atomic E-state index is 3.92. The Balaban J connectivity index is 2.45. The van der Waals surface area contributed by atoms with Crippen molar-refractivity contribution in [2.75, 3.05) is 0 Å². The lowest BCUT2D eigenvalue weighted by atomic mass is 10.4. The number of hydrogen-bond donors (Lipinski definition) is 1. The molecule has 2 heteroatoms. The molecule has 0 fully saturated rings. The molecule has 0 aromatic carbocycles. The molecule has 0 amide bonds. The summed E-state index contributed by atoms with van der Waals surface area (Å²) in [5.74, 6) is 0.944. The van der Waals surface area contributed by atoms with Gasteiger partial charge in [0.2, 0.25) is 0 Å². The van der Waals surface area contributed by atoms with E-state index < -0.39 is 0 Å². The molecular formula is C5H7N2+. The summed E-state index contributed by atoms with van der Waals surface area (Å²) < 4.78 is 0. The monoisotopic (exact) mass is 95.1 g/mol. The first kappa shape index (κ1) is 4.37. The van der Waals surface area contributed by atoms with E-state index in [1.165, 1.54) is 0 Å². The second-order valence-electron chi connectivity index (χ2n) is 1.29. The molecule has 0 saturated carbocycles. The lowest BCUT2D eigenvalue weighted by molar-refractivity contribution is 1.22. The van der Waals surface area contributed by atoms with Crippen molar-refractivity contribution in [3.05, 3.63) is 19.3 Å². The van der Waals surface area contributed by atoms with E-state index in [4.69, 9.17) is 0 Å². The molecule has 2 radical (unpaired) electrons. The molecule has 7 heavy (non-hydrogen) atoms. The maximum atomic E-state index is 3.92. The summed E-state index contributed by atoms with van der Waals surface area (Å²) in [4.78, 5) is 3.92. The van der Waals surface area contributed by atoms with Gasteiger partial charge in [0.1, 0.15) is 6.20 Å². The Morgan fingerprint density at radius 1 is 1.86 bits per heavy atom. The van der Waals surface area contributed by atoms with Gasteiger partial charge in [-0.1, -0.05) is 4.99 Å². The van der Waals surface area contributed by atoms with Gasteiger partial charge >= 0.3 is 0 Å². The molecule has 1 aliphatic rings. The van der Waals surface area contributed by atoms with Gasteiger partial charge in [-0.05, 0) is 6.92 Å². The Labute approximate surface area is 42.9 Å². The van der Waals surface area contributed by atoms with Crippen LogP contribution in [0.5, 0.6) is 0 Å². The summed E-state index contributed by atoms with van der Waals surface area (Å²) >= 11 is 0. The highest BCUT2D eigenvalue weighted by Crippen LogP contribution is 1.79. The summed E-state index contributed by atoms with van der Waals surface area (Å²) in [5.41, 5.74) is 0. The number of amidine groups is 1. The van der Waals surface area contributed by atoms with Crippen LogP contribution in [0.15, 0.2) is 12.4 Å². The minimum Gasteiger partial charge on any atom is -0.244 e. The molecule has 0 aliphatic carbocycles. The largest absolute Gasteiger partial charge is 0.296 e. The van der Waals surface area contributed by atoms with Crippen molar-refractivity contribution < 1.29 is 0 Å². The Morgan fingerprint density at radius 3 is 3.00 bits per heavy atom. The van der Waals surface area contributed by atoms with Crippen LogP contribution in [0.25, 0.3) is 0 Å². The molecule has 0 aromatic heterocycles. The average molecular weight is 95.1 g/mol. The van der Waals surface area contributed by atoms with Crippen LogP contribution in [0, 0.1) is 6.92 Å². The van der Waals surface area contributed by atoms with E-state index in [1.807, 2.05) is 0 Å². The fraction of sp³-hybridized carbons (Fsp3) is 0.200. The smallest absolute Gasteiger partial charge is 0.244 e. The van der Waals surface area contributed by atoms with Crippen LogP contribution in [0.2, 0.25) is 0 Å². The number of nitrogens with one attached hydrogen (secondary N) is 1. The van der Waals surface area contributed by atoms with E-state index in [0.29, 0.717) is 0 Å². The first-order valence-corrected chi connectivity index (χ1v) is 2.21. The van der Waals surface area contributed by atoms with E-state index in [2.05, 4.69) is 17.2 Å². The zero-order valence-corrected chi connectivity index (χ0v) is 4.02. The van der Waals surface area contributed by atoms with Crippen molar-refractivity contribution >= 4 is 5.84 Å². The van der Waals surface area contributed by atoms with Crippen LogP contribution in [0.4, 0.5) is 0 Å². The Morgan fingerprint density at radius 2 is 2.71 bits per heavy atom. The van der Waals surface area contributed by atoms with Crippen LogP contribution in [0.3, 0.4) is 0 Å². The quantitative estimate of drug-likeness (QED) is 0.488. The molecule has 0 aromatic rings. The van der Waals surface area contributed by atoms with E-state index in [1.54, 1.807) is 12.4 Å². The highest BCUT2D eigenvalue weighted by Gasteiger charge is 2.05. The molecule has 0 bridgehead atoms. The fourth-order valence-electron chi connectivity index (χ4n) is 0.435. The number of nitrogens with zero attached hydrogens (tertiary/aromatic N) is 1. The highest BCUT2D eigenvalue weighted by atomic mass is 15.0. The number of hydrogen-bond acceptors (Lipinski definition) is 2. The molecule has 0 atom stereocenters. The number of aliphatic imine (C=N–C) groups is 1. The minimum atomic E-state index is 0.743. The van der Waals surface area contributed by atoms with Gasteiger partial charge in [0, 0.05) is 0 Å². The molecular weight excluding hydrogens is 88.1 g/mol. The third-order valence-electron chi connectivity index (χ3n) is 0.792. The molecule has 1 rings (SSSR count). The van der Waals surface area contributed by atoms with Crippen LogP contribution in [-0.4, -0.2) is 5.84 Å². The normalized spacial score (nSPS) is 16.4. The SMILES string of the molecule is [CH2]CC1=[N+]C=CN1. The van der Waals surface area contributed by atoms with Crippen LogP contribution >= 0.6 is 0 Å². The highest BCUT2D eigenvalue weighted by molar-refractivity contribution is 5.84. The third-order valence-corrected chi connectivity index (χ3v) is 0.792. The van der Waals surface area contributed by atoms with Crippen molar-refractivity contribution in [3.63, 3.8) is 0 Å². The van der Waals surface area contributed by atoms with Crippen molar-refractivity contribution in [2.24, 2.45) is 0 Å². The molecule has 36 valence electrons. The second kappa shape index (κ2) is 1.78. The predicted octanol–water partition coefficient (Wildman–Crippen LogP) is 0.0193. The Bertz CT molecular complexity index is 113.